The van der Waals surface area contributed by atoms with Crippen LogP contribution in [0.1, 0.15) is 44.7 Å². The summed E-state index contributed by atoms with van der Waals surface area (Å²) in [7, 11) is 1.43. The number of benzene rings is 1. The minimum absolute atomic E-state index is 0.0408. The van der Waals surface area contributed by atoms with E-state index in [9.17, 15) is 23.4 Å². The van der Waals surface area contributed by atoms with Crippen molar-refractivity contribution < 1.29 is 42.1 Å². The second kappa shape index (κ2) is 11.5. The molecule has 1 aliphatic heterocycles. The van der Waals surface area contributed by atoms with E-state index in [1.54, 1.807) is 6.07 Å². The fourth-order valence-corrected chi connectivity index (χ4v) is 4.72. The van der Waals surface area contributed by atoms with Crippen LogP contribution in [0.3, 0.4) is 0 Å². The van der Waals surface area contributed by atoms with Crippen LogP contribution in [-0.4, -0.2) is 75.1 Å². The molecule has 4 rings (SSSR count). The average molecular weight is 541 g/mol. The van der Waals surface area contributed by atoms with Gasteiger partial charge in [0, 0.05) is 31.8 Å². The normalized spacial score (nSPS) is 25.4. The number of aliphatic hydroxyl groups excluding tert-OH is 2. The second-order valence-electron chi connectivity index (χ2n) is 9.31. The molecule has 208 valence electrons. The summed E-state index contributed by atoms with van der Waals surface area (Å²) in [5.41, 5.74) is -0.00603. The van der Waals surface area contributed by atoms with Crippen LogP contribution in [0.15, 0.2) is 28.9 Å². The molecule has 0 radical (unpaired) electrons. The Kier molecular flexibility index (Phi) is 8.52. The Labute approximate surface area is 217 Å². The molecule has 0 spiro atoms. The first kappa shape index (κ1) is 28.2. The van der Waals surface area contributed by atoms with E-state index in [1.165, 1.54) is 18.0 Å². The monoisotopic (exact) mass is 540 g/mol. The fraction of sp³-hybridized carbons (Fsp3) is 0.560. The maximum Gasteiger partial charge on any atom is 0.194 e. The van der Waals surface area contributed by atoms with Gasteiger partial charge in [0.1, 0.15) is 47.1 Å². The molecule has 1 fully saturated rings. The molecule has 13 heteroatoms. The highest BCUT2D eigenvalue weighted by atomic mass is 19.2. The topological polar surface area (TPSA) is 125 Å². The summed E-state index contributed by atoms with van der Waals surface area (Å²) >= 11 is 0. The average Bonchev–Trinajstić information content (AvgIpc) is 3.58. The van der Waals surface area contributed by atoms with Crippen molar-refractivity contribution in [2.75, 3.05) is 20.3 Å². The molecule has 3 heterocycles. The van der Waals surface area contributed by atoms with E-state index >= 15 is 0 Å². The van der Waals surface area contributed by atoms with Crippen molar-refractivity contribution in [2.24, 2.45) is 0 Å². The molecule has 1 aliphatic rings. The molecule has 0 amide bonds. The molecule has 2 aromatic heterocycles. The Hall–Kier alpha value is -2.84. The van der Waals surface area contributed by atoms with E-state index in [0.29, 0.717) is 24.5 Å². The van der Waals surface area contributed by atoms with Crippen LogP contribution in [0, 0.1) is 17.5 Å². The van der Waals surface area contributed by atoms with E-state index in [1.807, 2.05) is 20.8 Å². The van der Waals surface area contributed by atoms with Crippen LogP contribution in [0.4, 0.5) is 13.2 Å². The van der Waals surface area contributed by atoms with E-state index in [-0.39, 0.29) is 17.7 Å². The van der Waals surface area contributed by atoms with Gasteiger partial charge in [0.25, 0.3) is 0 Å². The summed E-state index contributed by atoms with van der Waals surface area (Å²) in [5.74, 6) is -3.85. The van der Waals surface area contributed by atoms with Crippen molar-refractivity contribution in [3.63, 3.8) is 0 Å². The molecule has 38 heavy (non-hydrogen) atoms. The zero-order valence-electron chi connectivity index (χ0n) is 21.5. The van der Waals surface area contributed by atoms with Gasteiger partial charge < -0.3 is 28.9 Å². The number of aliphatic hydroxyl groups is 2. The van der Waals surface area contributed by atoms with E-state index < -0.39 is 60.1 Å². The second-order valence-corrected chi connectivity index (χ2v) is 9.31. The predicted molar refractivity (Wildman–Crippen MR) is 126 cm³/mol. The third kappa shape index (κ3) is 5.34. The lowest BCUT2D eigenvalue weighted by atomic mass is 9.90. The Bertz CT molecular complexity index is 1220. The summed E-state index contributed by atoms with van der Waals surface area (Å²) in [6, 6.07) is 2.47. The van der Waals surface area contributed by atoms with Gasteiger partial charge in [0.2, 0.25) is 0 Å². The molecule has 1 aromatic carbocycles. The van der Waals surface area contributed by atoms with Crippen molar-refractivity contribution in [3.05, 3.63) is 53.3 Å². The van der Waals surface area contributed by atoms with E-state index in [2.05, 4.69) is 15.5 Å². The zero-order chi connectivity index (χ0) is 27.6. The first-order valence-electron chi connectivity index (χ1n) is 12.3. The van der Waals surface area contributed by atoms with Crippen LogP contribution >= 0.6 is 0 Å². The van der Waals surface area contributed by atoms with Crippen LogP contribution in [0.2, 0.25) is 0 Å². The lowest BCUT2D eigenvalue weighted by Crippen LogP contribution is -2.57. The van der Waals surface area contributed by atoms with Crippen molar-refractivity contribution in [2.45, 2.75) is 69.7 Å². The summed E-state index contributed by atoms with van der Waals surface area (Å²) in [6.07, 6.45) is -1.58. The standard InChI is InChI=1S/C25H31F3N4O6/c1-5-25(3,36-6-2)20-10-14(38-30-20)9-18-24(35-4)22(23(34)19(12-33)37-18)32-11-17(29-31-32)13-7-15(26)21(28)16(27)8-13/h7-8,10-11,18-19,22-24,33-34H,5-6,9,12H2,1-4H3/t18-,19-,22+,23+,24+,25?/m1/s1. The number of hydrogen-bond acceptors (Lipinski definition) is 9. The van der Waals surface area contributed by atoms with Gasteiger partial charge in [-0.15, -0.1) is 5.10 Å². The van der Waals surface area contributed by atoms with Gasteiger partial charge in [-0.2, -0.15) is 0 Å². The molecule has 1 saturated heterocycles. The van der Waals surface area contributed by atoms with Gasteiger partial charge in [-0.3, -0.25) is 0 Å². The predicted octanol–water partition coefficient (Wildman–Crippen LogP) is 2.93. The summed E-state index contributed by atoms with van der Waals surface area (Å²) in [4.78, 5) is 0. The Balaban J connectivity index is 1.62. The van der Waals surface area contributed by atoms with Crippen molar-refractivity contribution in [1.82, 2.24) is 20.2 Å². The Morgan fingerprint density at radius 3 is 2.45 bits per heavy atom. The van der Waals surface area contributed by atoms with E-state index in [4.69, 9.17) is 18.7 Å². The number of nitrogens with zero attached hydrogens (tertiary/aromatic N) is 4. The van der Waals surface area contributed by atoms with Crippen molar-refractivity contribution in [3.8, 4) is 11.3 Å². The number of aromatic nitrogens is 4. The number of methoxy groups -OCH3 is 1. The Morgan fingerprint density at radius 1 is 1.13 bits per heavy atom. The van der Waals surface area contributed by atoms with Crippen molar-refractivity contribution >= 4 is 0 Å². The zero-order valence-corrected chi connectivity index (χ0v) is 21.5. The molecule has 10 nitrogen and oxygen atoms in total. The number of rotatable bonds is 10. The highest BCUT2D eigenvalue weighted by Gasteiger charge is 2.47. The third-order valence-electron chi connectivity index (χ3n) is 6.97. The smallest absolute Gasteiger partial charge is 0.194 e. The fourth-order valence-electron chi connectivity index (χ4n) is 4.72. The largest absolute Gasteiger partial charge is 0.394 e. The quantitative estimate of drug-likeness (QED) is 0.374. The first-order chi connectivity index (χ1) is 18.1. The highest BCUT2D eigenvalue weighted by molar-refractivity contribution is 5.57. The summed E-state index contributed by atoms with van der Waals surface area (Å²) < 4.78 is 65.3. The van der Waals surface area contributed by atoms with Gasteiger partial charge in [-0.1, -0.05) is 17.3 Å². The van der Waals surface area contributed by atoms with Crippen molar-refractivity contribution in [1.29, 1.82) is 0 Å². The van der Waals surface area contributed by atoms with Crippen LogP contribution in [0.5, 0.6) is 0 Å². The number of halogens is 3. The molecule has 6 atom stereocenters. The van der Waals surface area contributed by atoms with Crippen LogP contribution < -0.4 is 0 Å². The summed E-state index contributed by atoms with van der Waals surface area (Å²) in [6.45, 7) is 5.79. The Morgan fingerprint density at radius 2 is 1.84 bits per heavy atom. The minimum atomic E-state index is -1.59. The molecule has 2 N–H and O–H groups in total. The van der Waals surface area contributed by atoms with Crippen LogP contribution in [-0.2, 0) is 26.2 Å². The van der Waals surface area contributed by atoms with Gasteiger partial charge >= 0.3 is 0 Å². The SMILES string of the molecule is CCOC(C)(CC)c1cc(C[C@H]2O[C@H](CO)[C@H](O)[C@H](n3cc(-c4cc(F)c(F)c(F)c4)nn3)[C@H]2OC)on1. The maximum atomic E-state index is 13.8. The van der Waals surface area contributed by atoms with Gasteiger partial charge in [-0.25, -0.2) is 17.9 Å². The molecular weight excluding hydrogens is 509 g/mol. The molecule has 1 unspecified atom stereocenters. The minimum Gasteiger partial charge on any atom is -0.394 e. The van der Waals surface area contributed by atoms with Gasteiger partial charge in [-0.05, 0) is 32.4 Å². The third-order valence-corrected chi connectivity index (χ3v) is 6.97. The highest BCUT2D eigenvalue weighted by Crippen LogP contribution is 2.35. The molecule has 0 aliphatic carbocycles. The lowest BCUT2D eigenvalue weighted by molar-refractivity contribution is -0.212. The van der Waals surface area contributed by atoms with Gasteiger partial charge in [0.05, 0.1) is 18.9 Å². The molecular formula is C25H31F3N4O6. The first-order valence-corrected chi connectivity index (χ1v) is 12.3. The summed E-state index contributed by atoms with van der Waals surface area (Å²) in [5, 5.41) is 33.0. The van der Waals surface area contributed by atoms with Gasteiger partial charge in [0.15, 0.2) is 17.5 Å². The molecule has 3 aromatic rings. The number of ether oxygens (including phenoxy) is 3. The molecule has 0 bridgehead atoms. The maximum absolute atomic E-state index is 13.8. The van der Waals surface area contributed by atoms with E-state index in [0.717, 1.165) is 12.1 Å². The molecule has 0 saturated carbocycles. The van der Waals surface area contributed by atoms with Crippen LogP contribution in [0.25, 0.3) is 11.3 Å². The lowest BCUT2D eigenvalue weighted by Gasteiger charge is -2.43. The number of hydrogen-bond donors (Lipinski definition) is 2.